The van der Waals surface area contributed by atoms with Gasteiger partial charge in [-0.2, -0.15) is 22.9 Å². The zero-order valence-electron chi connectivity index (χ0n) is 21.5. The van der Waals surface area contributed by atoms with Gasteiger partial charge in [-0.3, -0.25) is 14.9 Å². The summed E-state index contributed by atoms with van der Waals surface area (Å²) in [6.45, 7) is -0.150. The van der Waals surface area contributed by atoms with Crippen LogP contribution in [0.25, 0.3) is 22.3 Å². The van der Waals surface area contributed by atoms with Gasteiger partial charge in [-0.25, -0.2) is 4.98 Å². The highest BCUT2D eigenvalue weighted by molar-refractivity contribution is 6.35. The molecule has 0 spiro atoms. The third-order valence-corrected chi connectivity index (χ3v) is 7.02. The number of benzene rings is 4. The van der Waals surface area contributed by atoms with Crippen LogP contribution in [-0.2, 0) is 12.8 Å². The molecular formula is C29H16Cl3F3N4O4. The number of alkyl halides is 3. The number of hydrogen-bond acceptors (Lipinski definition) is 6. The second-order valence-electron chi connectivity index (χ2n) is 9.03. The summed E-state index contributed by atoms with van der Waals surface area (Å²) in [4.78, 5) is 29.0. The van der Waals surface area contributed by atoms with E-state index >= 15 is 0 Å². The lowest BCUT2D eigenvalue weighted by molar-refractivity contribution is -0.385. The van der Waals surface area contributed by atoms with Crippen molar-refractivity contribution in [2.75, 3.05) is 0 Å². The molecule has 218 valence electrons. The summed E-state index contributed by atoms with van der Waals surface area (Å²) in [5, 5.41) is 16.8. The number of aromatic nitrogens is 2. The van der Waals surface area contributed by atoms with Crippen LogP contribution in [0.2, 0.25) is 15.1 Å². The number of nitrogens with zero attached hydrogens (tertiary/aromatic N) is 4. The van der Waals surface area contributed by atoms with Crippen LogP contribution in [0.15, 0.2) is 88.8 Å². The summed E-state index contributed by atoms with van der Waals surface area (Å²) in [6, 6.07) is 17.7. The molecule has 5 rings (SSSR count). The Bertz CT molecular complexity index is 1980. The first-order valence-corrected chi connectivity index (χ1v) is 13.3. The minimum absolute atomic E-state index is 0.0246. The Labute approximate surface area is 255 Å². The molecule has 5 aromatic rings. The highest BCUT2D eigenvalue weighted by Gasteiger charge is 2.31. The van der Waals surface area contributed by atoms with Gasteiger partial charge in [0, 0.05) is 32.8 Å². The summed E-state index contributed by atoms with van der Waals surface area (Å²) in [7, 11) is 0. The van der Waals surface area contributed by atoms with Gasteiger partial charge in [-0.1, -0.05) is 65.1 Å². The first-order chi connectivity index (χ1) is 20.4. The molecule has 0 unspecified atom stereocenters. The molecule has 8 nitrogen and oxygen atoms in total. The molecule has 0 aliphatic rings. The maximum absolute atomic E-state index is 13.4. The minimum Gasteiger partial charge on any atom is -0.481 e. The second kappa shape index (κ2) is 12.0. The van der Waals surface area contributed by atoms with Crippen LogP contribution in [0.3, 0.4) is 0 Å². The molecule has 0 saturated carbocycles. The zero-order valence-corrected chi connectivity index (χ0v) is 23.7. The SMILES string of the molecule is O=c1c2ccccc2nc(-c2cccc(C(F)(F)F)c2)n1N=Cc1cc(Cl)c(OCc2ccc(Cl)cc2Cl)c([N+](=O)[O-])c1. The van der Waals surface area contributed by atoms with Crippen molar-refractivity contribution in [1.82, 2.24) is 9.66 Å². The summed E-state index contributed by atoms with van der Waals surface area (Å²) < 4.78 is 46.8. The van der Waals surface area contributed by atoms with Gasteiger partial charge < -0.3 is 4.74 Å². The number of halogens is 6. The Morgan fingerprint density at radius 1 is 0.977 bits per heavy atom. The van der Waals surface area contributed by atoms with Gasteiger partial charge >= 0.3 is 11.9 Å². The van der Waals surface area contributed by atoms with Crippen LogP contribution < -0.4 is 10.3 Å². The van der Waals surface area contributed by atoms with Crippen LogP contribution in [0.5, 0.6) is 5.75 Å². The van der Waals surface area contributed by atoms with Crippen LogP contribution >= 0.6 is 34.8 Å². The van der Waals surface area contributed by atoms with Gasteiger partial charge in [0.25, 0.3) is 5.56 Å². The van der Waals surface area contributed by atoms with Crippen molar-refractivity contribution < 1.29 is 22.8 Å². The van der Waals surface area contributed by atoms with E-state index in [1.165, 1.54) is 30.3 Å². The van der Waals surface area contributed by atoms with Crippen LogP contribution in [0, 0.1) is 10.1 Å². The van der Waals surface area contributed by atoms with E-state index in [1.54, 1.807) is 30.3 Å². The minimum atomic E-state index is -4.64. The Balaban J connectivity index is 1.57. The van der Waals surface area contributed by atoms with Gasteiger partial charge in [0.05, 0.1) is 32.6 Å². The predicted molar refractivity (Wildman–Crippen MR) is 158 cm³/mol. The molecule has 0 bridgehead atoms. The normalized spacial score (nSPS) is 11.8. The van der Waals surface area contributed by atoms with E-state index < -0.39 is 27.9 Å². The summed E-state index contributed by atoms with van der Waals surface area (Å²) in [5.41, 5.74) is -1.29. The van der Waals surface area contributed by atoms with Gasteiger partial charge in [0.15, 0.2) is 5.82 Å². The van der Waals surface area contributed by atoms with Crippen molar-refractivity contribution in [2.24, 2.45) is 5.10 Å². The van der Waals surface area contributed by atoms with Crippen molar-refractivity contribution >= 4 is 57.6 Å². The molecular weight excluding hydrogens is 632 g/mol. The predicted octanol–water partition coefficient (Wildman–Crippen LogP) is 8.41. The molecule has 1 heterocycles. The third-order valence-electron chi connectivity index (χ3n) is 6.15. The molecule has 0 aliphatic heterocycles. The van der Waals surface area contributed by atoms with E-state index in [2.05, 4.69) is 10.1 Å². The summed E-state index contributed by atoms with van der Waals surface area (Å²) in [5.74, 6) is -0.407. The maximum atomic E-state index is 13.4. The fourth-order valence-electron chi connectivity index (χ4n) is 4.12. The Morgan fingerprint density at radius 3 is 2.47 bits per heavy atom. The highest BCUT2D eigenvalue weighted by Crippen LogP contribution is 2.37. The molecule has 43 heavy (non-hydrogen) atoms. The molecule has 4 aromatic carbocycles. The van der Waals surface area contributed by atoms with E-state index in [9.17, 15) is 28.1 Å². The molecule has 0 aliphatic carbocycles. The lowest BCUT2D eigenvalue weighted by atomic mass is 10.1. The Hall–Kier alpha value is -4.45. The lowest BCUT2D eigenvalue weighted by Crippen LogP contribution is -2.20. The van der Waals surface area contributed by atoms with E-state index in [1.807, 2.05) is 0 Å². The first-order valence-electron chi connectivity index (χ1n) is 12.2. The van der Waals surface area contributed by atoms with Crippen molar-refractivity contribution in [2.45, 2.75) is 12.8 Å². The largest absolute Gasteiger partial charge is 0.481 e. The van der Waals surface area contributed by atoms with Crippen LogP contribution in [-0.4, -0.2) is 20.8 Å². The third kappa shape index (κ3) is 6.48. The number of nitro benzene ring substituents is 1. The number of para-hydroxylation sites is 1. The van der Waals surface area contributed by atoms with Crippen LogP contribution in [0.4, 0.5) is 18.9 Å². The van der Waals surface area contributed by atoms with Gasteiger partial charge in [-0.05, 0) is 42.5 Å². The average molecular weight is 648 g/mol. The summed E-state index contributed by atoms with van der Waals surface area (Å²) >= 11 is 18.4. The second-order valence-corrected chi connectivity index (χ2v) is 10.3. The fraction of sp³-hybridized carbons (Fsp3) is 0.0690. The summed E-state index contributed by atoms with van der Waals surface area (Å²) in [6.07, 6.45) is -3.53. The van der Waals surface area contributed by atoms with Crippen molar-refractivity contribution in [1.29, 1.82) is 0 Å². The Morgan fingerprint density at radius 2 is 1.74 bits per heavy atom. The van der Waals surface area contributed by atoms with Gasteiger partial charge in [-0.15, -0.1) is 0 Å². The maximum Gasteiger partial charge on any atom is 0.416 e. The lowest BCUT2D eigenvalue weighted by Gasteiger charge is -2.12. The number of hydrogen-bond donors (Lipinski definition) is 0. The molecule has 0 saturated heterocycles. The van der Waals surface area contributed by atoms with Crippen molar-refractivity contribution in [3.63, 3.8) is 0 Å². The average Bonchev–Trinajstić information content (AvgIpc) is 2.96. The number of ether oxygens (including phenoxy) is 1. The smallest absolute Gasteiger partial charge is 0.416 e. The molecule has 0 amide bonds. The molecule has 1 aromatic heterocycles. The molecule has 0 fully saturated rings. The van der Waals surface area contributed by atoms with Gasteiger partial charge in [0.2, 0.25) is 5.75 Å². The molecule has 0 N–H and O–H groups in total. The number of fused-ring (bicyclic) bond motifs is 1. The topological polar surface area (TPSA) is 99.6 Å². The fourth-order valence-corrected chi connectivity index (χ4v) is 4.86. The van der Waals surface area contributed by atoms with E-state index in [0.29, 0.717) is 15.6 Å². The van der Waals surface area contributed by atoms with Crippen LogP contribution in [0.1, 0.15) is 16.7 Å². The van der Waals surface area contributed by atoms with Crippen molar-refractivity contribution in [3.8, 4) is 17.1 Å². The molecule has 14 heteroatoms. The van der Waals surface area contributed by atoms with E-state index in [0.717, 1.165) is 29.1 Å². The first kappa shape index (κ1) is 30.0. The Kier molecular flexibility index (Phi) is 8.41. The number of nitro groups is 1. The monoisotopic (exact) mass is 646 g/mol. The van der Waals surface area contributed by atoms with E-state index in [4.69, 9.17) is 39.5 Å². The standard InChI is InChI=1S/C29H16Cl3F3N4O4/c30-20-9-8-18(22(31)13-20)15-43-26-23(32)10-16(11-25(26)39(41)42)14-36-38-27(17-4-3-5-19(12-17)29(33,34)35)37-24-7-2-1-6-21(24)28(38)40/h1-14H,15H2. The number of rotatable bonds is 7. The van der Waals surface area contributed by atoms with E-state index in [-0.39, 0.29) is 45.2 Å². The van der Waals surface area contributed by atoms with Gasteiger partial charge in [0.1, 0.15) is 6.61 Å². The molecule has 0 radical (unpaired) electrons. The van der Waals surface area contributed by atoms with Crippen molar-refractivity contribution in [3.05, 3.63) is 131 Å². The zero-order chi connectivity index (χ0) is 30.9. The molecule has 0 atom stereocenters. The quantitative estimate of drug-likeness (QED) is 0.100. The highest BCUT2D eigenvalue weighted by atomic mass is 35.5.